The predicted octanol–water partition coefficient (Wildman–Crippen LogP) is 1.35. The van der Waals surface area contributed by atoms with E-state index in [1.54, 1.807) is 11.1 Å². The second-order valence-electron chi connectivity index (χ2n) is 7.04. The highest BCUT2D eigenvalue weighted by atomic mass is 16.5. The molecule has 25 heavy (non-hydrogen) atoms. The third-order valence-corrected chi connectivity index (χ3v) is 5.40. The normalized spacial score (nSPS) is 26.1. The Hall–Kier alpha value is -2.02. The van der Waals surface area contributed by atoms with E-state index in [1.807, 2.05) is 30.3 Å². The van der Waals surface area contributed by atoms with Crippen LogP contribution < -0.4 is 0 Å². The lowest BCUT2D eigenvalue weighted by Gasteiger charge is -2.46. The van der Waals surface area contributed by atoms with E-state index in [1.165, 1.54) is 0 Å². The zero-order valence-corrected chi connectivity index (χ0v) is 14.0. The van der Waals surface area contributed by atoms with Gasteiger partial charge in [0.2, 0.25) is 0 Å². The summed E-state index contributed by atoms with van der Waals surface area (Å²) in [7, 11) is 0. The number of aromatic nitrogens is 1. The first-order chi connectivity index (χ1) is 12.1. The summed E-state index contributed by atoms with van der Waals surface area (Å²) in [6, 6.07) is 9.68. The summed E-state index contributed by atoms with van der Waals surface area (Å²) in [5, 5.41) is 21.6. The van der Waals surface area contributed by atoms with Gasteiger partial charge < -0.3 is 19.8 Å². The van der Waals surface area contributed by atoms with Crippen LogP contribution >= 0.6 is 0 Å². The molecule has 0 radical (unpaired) electrons. The molecule has 2 N–H and O–H groups in total. The Kier molecular flexibility index (Phi) is 4.19. The van der Waals surface area contributed by atoms with Crippen molar-refractivity contribution in [3.8, 4) is 0 Å². The van der Waals surface area contributed by atoms with Gasteiger partial charge in [-0.05, 0) is 24.3 Å². The van der Waals surface area contributed by atoms with Crippen molar-refractivity contribution >= 4 is 16.7 Å². The van der Waals surface area contributed by atoms with Gasteiger partial charge in [-0.1, -0.05) is 24.3 Å². The minimum Gasteiger partial charge on any atom is -0.390 e. The van der Waals surface area contributed by atoms with Gasteiger partial charge in [-0.25, -0.2) is 0 Å². The summed E-state index contributed by atoms with van der Waals surface area (Å²) in [6.45, 7) is 1.29. The molecule has 1 aromatic heterocycles. The summed E-state index contributed by atoms with van der Waals surface area (Å²) in [5.41, 5.74) is 0.0290. The third kappa shape index (κ3) is 3.13. The van der Waals surface area contributed by atoms with Crippen LogP contribution in [0.4, 0.5) is 0 Å². The zero-order valence-electron chi connectivity index (χ0n) is 14.0. The van der Waals surface area contributed by atoms with Crippen molar-refractivity contribution in [1.82, 2.24) is 9.88 Å². The SMILES string of the molecule is O=C(c1cc2ccccc2cn1)N1CCC2(CC1)C[C@@H](O)[C@@H](O)CO2. The molecule has 4 rings (SSSR count). The van der Waals surface area contributed by atoms with E-state index in [9.17, 15) is 15.0 Å². The number of fused-ring (bicyclic) bond motifs is 1. The zero-order chi connectivity index (χ0) is 17.4. The van der Waals surface area contributed by atoms with E-state index in [0.29, 0.717) is 38.0 Å². The number of carbonyl (C=O) groups is 1. The van der Waals surface area contributed by atoms with Crippen LogP contribution in [0.3, 0.4) is 0 Å². The molecular formula is C19H22N2O4. The van der Waals surface area contributed by atoms with Crippen LogP contribution in [0.5, 0.6) is 0 Å². The molecule has 2 atom stereocenters. The molecule has 2 aliphatic rings. The van der Waals surface area contributed by atoms with Gasteiger partial charge in [0.1, 0.15) is 11.8 Å². The van der Waals surface area contributed by atoms with Crippen molar-refractivity contribution in [2.75, 3.05) is 19.7 Å². The largest absolute Gasteiger partial charge is 0.390 e. The fraction of sp³-hybridized carbons (Fsp3) is 0.474. The van der Waals surface area contributed by atoms with E-state index in [0.717, 1.165) is 10.8 Å². The Morgan fingerprint density at radius 3 is 2.60 bits per heavy atom. The van der Waals surface area contributed by atoms with Crippen molar-refractivity contribution in [2.45, 2.75) is 37.1 Å². The number of piperidine rings is 1. The van der Waals surface area contributed by atoms with Gasteiger partial charge in [-0.3, -0.25) is 9.78 Å². The van der Waals surface area contributed by atoms with Crippen molar-refractivity contribution in [2.24, 2.45) is 0 Å². The van der Waals surface area contributed by atoms with Crippen molar-refractivity contribution in [3.05, 3.63) is 42.2 Å². The van der Waals surface area contributed by atoms with Crippen LogP contribution in [0.1, 0.15) is 29.8 Å². The average Bonchev–Trinajstić information content (AvgIpc) is 2.65. The van der Waals surface area contributed by atoms with Crippen LogP contribution in [0.25, 0.3) is 10.8 Å². The molecule has 0 bridgehead atoms. The summed E-state index contributed by atoms with van der Waals surface area (Å²) >= 11 is 0. The van der Waals surface area contributed by atoms with Gasteiger partial charge in [0.05, 0.1) is 18.3 Å². The first kappa shape index (κ1) is 16.4. The number of aliphatic hydroxyl groups excluding tert-OH is 2. The number of hydrogen-bond acceptors (Lipinski definition) is 5. The maximum atomic E-state index is 12.8. The maximum Gasteiger partial charge on any atom is 0.272 e. The van der Waals surface area contributed by atoms with Crippen LogP contribution in [-0.4, -0.2) is 63.5 Å². The number of ether oxygens (including phenoxy) is 1. The lowest BCUT2D eigenvalue weighted by Crippen LogP contribution is -2.55. The fourth-order valence-electron chi connectivity index (χ4n) is 3.78. The third-order valence-electron chi connectivity index (χ3n) is 5.40. The monoisotopic (exact) mass is 342 g/mol. The molecule has 3 heterocycles. The Morgan fingerprint density at radius 2 is 1.88 bits per heavy atom. The number of aliphatic hydroxyl groups is 2. The predicted molar refractivity (Wildman–Crippen MR) is 92.2 cm³/mol. The fourth-order valence-corrected chi connectivity index (χ4v) is 3.78. The minimum absolute atomic E-state index is 0.0722. The molecule has 2 aliphatic heterocycles. The molecule has 2 fully saturated rings. The summed E-state index contributed by atoms with van der Waals surface area (Å²) in [6.07, 6.45) is 1.91. The smallest absolute Gasteiger partial charge is 0.272 e. The molecule has 0 saturated carbocycles. The molecule has 0 aliphatic carbocycles. The van der Waals surface area contributed by atoms with Gasteiger partial charge in [0.25, 0.3) is 5.91 Å². The molecule has 1 amide bonds. The topological polar surface area (TPSA) is 82.9 Å². The van der Waals surface area contributed by atoms with Gasteiger partial charge >= 0.3 is 0 Å². The van der Waals surface area contributed by atoms with E-state index in [-0.39, 0.29) is 12.5 Å². The Balaban J connectivity index is 1.45. The van der Waals surface area contributed by atoms with Crippen molar-refractivity contribution in [1.29, 1.82) is 0 Å². The summed E-state index contributed by atoms with van der Waals surface area (Å²) in [5.74, 6) is -0.0722. The van der Waals surface area contributed by atoms with Crippen LogP contribution in [0.15, 0.2) is 36.5 Å². The number of benzene rings is 1. The van der Waals surface area contributed by atoms with Crippen molar-refractivity contribution < 1.29 is 19.7 Å². The van der Waals surface area contributed by atoms with Gasteiger partial charge in [0.15, 0.2) is 0 Å². The molecule has 1 aromatic carbocycles. The average molecular weight is 342 g/mol. The number of pyridine rings is 1. The number of amides is 1. The van der Waals surface area contributed by atoms with Crippen LogP contribution in [0, 0.1) is 0 Å². The first-order valence-corrected chi connectivity index (χ1v) is 8.71. The minimum atomic E-state index is -0.813. The second-order valence-corrected chi connectivity index (χ2v) is 7.04. The number of rotatable bonds is 1. The quantitative estimate of drug-likeness (QED) is 0.817. The standard InChI is InChI=1S/C19H22N2O4/c22-16-10-19(25-12-17(16)23)5-7-21(8-6-19)18(24)15-9-13-3-1-2-4-14(13)11-20-15/h1-4,9,11,16-17,22-23H,5-8,10,12H2/t16-,17+/m1/s1. The number of nitrogens with zero attached hydrogens (tertiary/aromatic N) is 2. The van der Waals surface area contributed by atoms with E-state index in [2.05, 4.69) is 4.98 Å². The summed E-state index contributed by atoms with van der Waals surface area (Å²) < 4.78 is 5.82. The highest BCUT2D eigenvalue weighted by Gasteiger charge is 2.43. The Morgan fingerprint density at radius 1 is 1.16 bits per heavy atom. The molecule has 1 spiro atoms. The highest BCUT2D eigenvalue weighted by molar-refractivity contribution is 5.96. The van der Waals surface area contributed by atoms with E-state index in [4.69, 9.17) is 4.74 Å². The van der Waals surface area contributed by atoms with E-state index < -0.39 is 17.8 Å². The molecule has 2 saturated heterocycles. The number of hydrogen-bond donors (Lipinski definition) is 2. The number of likely N-dealkylation sites (tertiary alicyclic amines) is 1. The van der Waals surface area contributed by atoms with E-state index >= 15 is 0 Å². The van der Waals surface area contributed by atoms with Crippen LogP contribution in [-0.2, 0) is 4.74 Å². The molecule has 6 heteroatoms. The molecule has 2 aromatic rings. The lowest BCUT2D eigenvalue weighted by atomic mass is 9.82. The van der Waals surface area contributed by atoms with Crippen LogP contribution in [0.2, 0.25) is 0 Å². The highest BCUT2D eigenvalue weighted by Crippen LogP contribution is 2.35. The van der Waals surface area contributed by atoms with Gasteiger partial charge in [-0.15, -0.1) is 0 Å². The van der Waals surface area contributed by atoms with Crippen molar-refractivity contribution in [3.63, 3.8) is 0 Å². The maximum absolute atomic E-state index is 12.8. The number of carbonyl (C=O) groups excluding carboxylic acids is 1. The molecule has 0 unspecified atom stereocenters. The second kappa shape index (κ2) is 6.37. The Labute approximate surface area is 146 Å². The first-order valence-electron chi connectivity index (χ1n) is 8.71. The molecule has 132 valence electrons. The Bertz CT molecular complexity index is 786. The lowest BCUT2D eigenvalue weighted by molar-refractivity contribution is -0.185. The van der Waals surface area contributed by atoms with Gasteiger partial charge in [0, 0.05) is 31.1 Å². The summed E-state index contributed by atoms with van der Waals surface area (Å²) in [4.78, 5) is 18.9. The molecule has 6 nitrogen and oxygen atoms in total. The molecular weight excluding hydrogens is 320 g/mol. The van der Waals surface area contributed by atoms with Gasteiger partial charge in [-0.2, -0.15) is 0 Å².